The van der Waals surface area contributed by atoms with Crippen LogP contribution in [-0.4, -0.2) is 22.9 Å². The lowest BCUT2D eigenvalue weighted by Gasteiger charge is -2.25. The van der Waals surface area contributed by atoms with E-state index in [-0.39, 0.29) is 17.4 Å². The first-order chi connectivity index (χ1) is 15.4. The Morgan fingerprint density at radius 3 is 2.28 bits per heavy atom. The van der Waals surface area contributed by atoms with E-state index in [2.05, 4.69) is 15.9 Å². The van der Waals surface area contributed by atoms with E-state index in [1.54, 1.807) is 42.5 Å². The van der Waals surface area contributed by atoms with Gasteiger partial charge in [-0.25, -0.2) is 0 Å². The Bertz CT molecular complexity index is 1190. The molecule has 3 aromatic carbocycles. The minimum absolute atomic E-state index is 0.0167. The Labute approximate surface area is 195 Å². The second-order valence-electron chi connectivity index (χ2n) is 7.75. The Morgan fingerprint density at radius 1 is 0.969 bits per heavy atom. The number of ketones is 1. The van der Waals surface area contributed by atoms with Gasteiger partial charge < -0.3 is 9.84 Å². The number of anilines is 1. The summed E-state index contributed by atoms with van der Waals surface area (Å²) in [5, 5.41) is 11.2. The molecule has 0 radical (unpaired) electrons. The zero-order valence-corrected chi connectivity index (χ0v) is 19.2. The van der Waals surface area contributed by atoms with E-state index >= 15 is 0 Å². The van der Waals surface area contributed by atoms with Gasteiger partial charge in [0.15, 0.2) is 0 Å². The third-order valence-electron chi connectivity index (χ3n) is 5.15. The van der Waals surface area contributed by atoms with E-state index in [0.717, 1.165) is 10.0 Å². The van der Waals surface area contributed by atoms with Crippen LogP contribution in [0.25, 0.3) is 5.76 Å². The summed E-state index contributed by atoms with van der Waals surface area (Å²) in [6.45, 7) is 3.86. The summed E-state index contributed by atoms with van der Waals surface area (Å²) in [5.41, 5.74) is 1.79. The maximum absolute atomic E-state index is 13.1. The van der Waals surface area contributed by atoms with Gasteiger partial charge in [0.2, 0.25) is 0 Å². The van der Waals surface area contributed by atoms with E-state index in [1.165, 1.54) is 4.90 Å². The second-order valence-corrected chi connectivity index (χ2v) is 8.67. The first-order valence-electron chi connectivity index (χ1n) is 10.3. The van der Waals surface area contributed by atoms with Crippen LogP contribution in [0.15, 0.2) is 88.9 Å². The number of aliphatic hydroxyl groups excluding tert-OH is 1. The summed E-state index contributed by atoms with van der Waals surface area (Å²) in [6, 6.07) is 22.5. The Kier molecular flexibility index (Phi) is 6.15. The highest BCUT2D eigenvalue weighted by atomic mass is 79.9. The van der Waals surface area contributed by atoms with Gasteiger partial charge in [-0.1, -0.05) is 52.3 Å². The smallest absolute Gasteiger partial charge is 0.300 e. The van der Waals surface area contributed by atoms with Gasteiger partial charge in [0, 0.05) is 15.7 Å². The number of rotatable bonds is 5. The normalized spacial score (nSPS) is 17.8. The molecule has 6 heteroatoms. The number of Topliss-reactive ketones (excluding diaryl/α,β-unsaturated/α-hetero) is 1. The first-order valence-corrected chi connectivity index (χ1v) is 11.0. The van der Waals surface area contributed by atoms with Crippen molar-refractivity contribution >= 4 is 39.1 Å². The van der Waals surface area contributed by atoms with Gasteiger partial charge in [-0.05, 0) is 61.9 Å². The van der Waals surface area contributed by atoms with Crippen LogP contribution in [0.3, 0.4) is 0 Å². The van der Waals surface area contributed by atoms with Crippen LogP contribution in [0, 0.1) is 0 Å². The molecule has 1 amide bonds. The van der Waals surface area contributed by atoms with Gasteiger partial charge in [0.05, 0.1) is 17.7 Å². The average molecular weight is 492 g/mol. The molecule has 1 unspecified atom stereocenters. The summed E-state index contributed by atoms with van der Waals surface area (Å²) in [6.07, 6.45) is 0.0167. The molecule has 0 saturated carbocycles. The molecular weight excluding hydrogens is 470 g/mol. The van der Waals surface area contributed by atoms with Crippen LogP contribution in [0.5, 0.6) is 5.75 Å². The van der Waals surface area contributed by atoms with Crippen molar-refractivity contribution in [3.8, 4) is 5.75 Å². The number of hydrogen-bond donors (Lipinski definition) is 1. The minimum Gasteiger partial charge on any atom is -0.507 e. The van der Waals surface area contributed by atoms with E-state index in [9.17, 15) is 14.7 Å². The number of nitrogens with zero attached hydrogens (tertiary/aromatic N) is 1. The number of carbonyl (C=O) groups excluding carboxylic acids is 2. The van der Waals surface area contributed by atoms with Gasteiger partial charge in [-0.3, -0.25) is 14.5 Å². The topological polar surface area (TPSA) is 66.8 Å². The van der Waals surface area contributed by atoms with Crippen molar-refractivity contribution in [2.45, 2.75) is 26.0 Å². The lowest BCUT2D eigenvalue weighted by Crippen LogP contribution is -2.29. The SMILES string of the molecule is CC(C)Oc1ccc(/C(O)=C2\C(=O)C(=O)N(c3cccc(Br)c3)C2c2ccccc2)cc1. The molecule has 0 aliphatic carbocycles. The number of carbonyl (C=O) groups is 2. The van der Waals surface area contributed by atoms with Crippen molar-refractivity contribution in [2.75, 3.05) is 4.90 Å². The molecule has 1 aliphatic rings. The molecular formula is C26H22BrNO4. The van der Waals surface area contributed by atoms with Gasteiger partial charge in [0.25, 0.3) is 11.7 Å². The molecule has 1 atom stereocenters. The zero-order chi connectivity index (χ0) is 22.8. The summed E-state index contributed by atoms with van der Waals surface area (Å²) in [5.74, 6) is -0.964. The Hall–Kier alpha value is -3.38. The molecule has 4 rings (SSSR count). The minimum atomic E-state index is -0.753. The fourth-order valence-corrected chi connectivity index (χ4v) is 4.18. The summed E-state index contributed by atoms with van der Waals surface area (Å²) in [4.78, 5) is 27.7. The van der Waals surface area contributed by atoms with Gasteiger partial charge in [-0.2, -0.15) is 0 Å². The van der Waals surface area contributed by atoms with Crippen molar-refractivity contribution in [2.24, 2.45) is 0 Å². The molecule has 5 nitrogen and oxygen atoms in total. The molecule has 1 aliphatic heterocycles. The highest BCUT2D eigenvalue weighted by Crippen LogP contribution is 2.42. The average Bonchev–Trinajstić information content (AvgIpc) is 3.05. The number of halogens is 1. The van der Waals surface area contributed by atoms with Gasteiger partial charge in [-0.15, -0.1) is 0 Å². The van der Waals surface area contributed by atoms with E-state index in [0.29, 0.717) is 17.0 Å². The number of amides is 1. The van der Waals surface area contributed by atoms with Crippen molar-refractivity contribution in [1.82, 2.24) is 0 Å². The molecule has 0 aromatic heterocycles. The van der Waals surface area contributed by atoms with E-state index in [1.807, 2.05) is 50.2 Å². The molecule has 32 heavy (non-hydrogen) atoms. The molecule has 1 saturated heterocycles. The van der Waals surface area contributed by atoms with E-state index < -0.39 is 17.7 Å². The first kappa shape index (κ1) is 21.8. The van der Waals surface area contributed by atoms with E-state index in [4.69, 9.17) is 4.74 Å². The predicted octanol–water partition coefficient (Wildman–Crippen LogP) is 5.86. The number of ether oxygens (including phenoxy) is 1. The summed E-state index contributed by atoms with van der Waals surface area (Å²) < 4.78 is 6.44. The molecule has 1 fully saturated rings. The Morgan fingerprint density at radius 2 is 1.66 bits per heavy atom. The third-order valence-corrected chi connectivity index (χ3v) is 5.64. The van der Waals surface area contributed by atoms with Crippen LogP contribution in [0.1, 0.15) is 31.0 Å². The molecule has 1 heterocycles. The maximum Gasteiger partial charge on any atom is 0.300 e. The monoisotopic (exact) mass is 491 g/mol. The Balaban J connectivity index is 1.85. The molecule has 1 N–H and O–H groups in total. The molecule has 0 bridgehead atoms. The van der Waals surface area contributed by atoms with Crippen LogP contribution in [0.4, 0.5) is 5.69 Å². The second kappa shape index (κ2) is 9.01. The predicted molar refractivity (Wildman–Crippen MR) is 128 cm³/mol. The van der Waals surface area contributed by atoms with Crippen LogP contribution in [0.2, 0.25) is 0 Å². The fourth-order valence-electron chi connectivity index (χ4n) is 3.79. The van der Waals surface area contributed by atoms with Crippen molar-refractivity contribution in [3.05, 3.63) is 100 Å². The fraction of sp³-hybridized carbons (Fsp3) is 0.154. The van der Waals surface area contributed by atoms with Gasteiger partial charge in [0.1, 0.15) is 11.5 Å². The van der Waals surface area contributed by atoms with Crippen molar-refractivity contribution in [1.29, 1.82) is 0 Å². The highest BCUT2D eigenvalue weighted by molar-refractivity contribution is 9.10. The number of benzene rings is 3. The van der Waals surface area contributed by atoms with Crippen molar-refractivity contribution < 1.29 is 19.4 Å². The quantitative estimate of drug-likeness (QED) is 0.275. The highest BCUT2D eigenvalue weighted by Gasteiger charge is 2.46. The van der Waals surface area contributed by atoms with Crippen LogP contribution in [-0.2, 0) is 9.59 Å². The number of aliphatic hydroxyl groups is 1. The third kappa shape index (κ3) is 4.18. The summed E-state index contributed by atoms with van der Waals surface area (Å²) in [7, 11) is 0. The van der Waals surface area contributed by atoms with Crippen LogP contribution < -0.4 is 9.64 Å². The number of hydrogen-bond acceptors (Lipinski definition) is 4. The standard InChI is InChI=1S/C26H22BrNO4/c1-16(2)32-21-13-11-18(12-14-21)24(29)22-23(17-7-4-3-5-8-17)28(26(31)25(22)30)20-10-6-9-19(27)15-20/h3-16,23,29H,1-2H3/b24-22+. The molecule has 3 aromatic rings. The van der Waals surface area contributed by atoms with Crippen molar-refractivity contribution in [3.63, 3.8) is 0 Å². The van der Waals surface area contributed by atoms with Gasteiger partial charge >= 0.3 is 0 Å². The summed E-state index contributed by atoms with van der Waals surface area (Å²) >= 11 is 3.43. The lowest BCUT2D eigenvalue weighted by atomic mass is 9.95. The van der Waals surface area contributed by atoms with Crippen LogP contribution >= 0.6 is 15.9 Å². The zero-order valence-electron chi connectivity index (χ0n) is 17.7. The molecule has 162 valence electrons. The molecule has 0 spiro atoms. The maximum atomic E-state index is 13.1. The lowest BCUT2D eigenvalue weighted by molar-refractivity contribution is -0.132. The largest absolute Gasteiger partial charge is 0.507 e.